The van der Waals surface area contributed by atoms with Crippen LogP contribution in [0.5, 0.6) is 5.75 Å². The van der Waals surface area contributed by atoms with Crippen LogP contribution in [0.2, 0.25) is 0 Å². The highest BCUT2D eigenvalue weighted by molar-refractivity contribution is 5.74. The number of aryl methyl sites for hydroxylation is 2. The Morgan fingerprint density at radius 1 is 1.16 bits per heavy atom. The number of para-hydroxylation sites is 1. The molecule has 0 bridgehead atoms. The summed E-state index contributed by atoms with van der Waals surface area (Å²) in [6.07, 6.45) is 0.251. The van der Waals surface area contributed by atoms with Crippen molar-refractivity contribution < 1.29 is 19.1 Å². The van der Waals surface area contributed by atoms with Gasteiger partial charge >= 0.3 is 0 Å². The van der Waals surface area contributed by atoms with E-state index in [1.54, 1.807) is 7.11 Å². The highest BCUT2D eigenvalue weighted by Gasteiger charge is 2.05. The maximum atomic E-state index is 11.4. The monoisotopic (exact) mass is 267 g/mol. The predicted octanol–water partition coefficient (Wildman–Crippen LogP) is 1.77. The number of methoxy groups -OCH3 is 1. The molecule has 5 heteroatoms. The molecule has 0 aliphatic rings. The zero-order valence-corrected chi connectivity index (χ0v) is 11.7. The first-order valence-corrected chi connectivity index (χ1v) is 6.23. The molecule has 0 spiro atoms. The molecular weight excluding hydrogens is 246 g/mol. The van der Waals surface area contributed by atoms with Crippen LogP contribution in [0, 0.1) is 13.8 Å². The van der Waals surface area contributed by atoms with E-state index in [-0.39, 0.29) is 12.3 Å². The van der Waals surface area contributed by atoms with Gasteiger partial charge in [0.2, 0.25) is 5.91 Å². The third-order valence-electron chi connectivity index (χ3n) is 2.56. The second-order valence-corrected chi connectivity index (χ2v) is 4.19. The van der Waals surface area contributed by atoms with E-state index in [9.17, 15) is 4.79 Å². The molecule has 1 rings (SSSR count). The average Bonchev–Trinajstić information content (AvgIpc) is 2.38. The lowest BCUT2D eigenvalue weighted by molar-refractivity contribution is -0.135. The molecule has 0 fully saturated rings. The van der Waals surface area contributed by atoms with Crippen LogP contribution < -0.4 is 10.2 Å². The molecule has 0 saturated heterocycles. The van der Waals surface area contributed by atoms with Gasteiger partial charge in [-0.25, -0.2) is 5.48 Å². The first-order chi connectivity index (χ1) is 9.15. The van der Waals surface area contributed by atoms with Crippen LogP contribution in [-0.4, -0.2) is 32.8 Å². The Labute approximate surface area is 113 Å². The summed E-state index contributed by atoms with van der Waals surface area (Å²) in [7, 11) is 1.57. The fourth-order valence-corrected chi connectivity index (χ4v) is 1.58. The lowest BCUT2D eigenvalue weighted by atomic mass is 10.1. The molecule has 1 aromatic rings. The van der Waals surface area contributed by atoms with Crippen molar-refractivity contribution >= 4 is 5.91 Å². The molecule has 1 aromatic carbocycles. The van der Waals surface area contributed by atoms with E-state index < -0.39 is 0 Å². The Bertz CT molecular complexity index is 386. The number of amides is 1. The maximum Gasteiger partial charge on any atom is 0.246 e. The number of rotatable bonds is 8. The van der Waals surface area contributed by atoms with E-state index in [2.05, 4.69) is 5.48 Å². The Balaban J connectivity index is 2.24. The first-order valence-electron chi connectivity index (χ1n) is 6.23. The van der Waals surface area contributed by atoms with E-state index >= 15 is 0 Å². The average molecular weight is 267 g/mol. The van der Waals surface area contributed by atoms with Gasteiger partial charge in [0, 0.05) is 7.11 Å². The van der Waals surface area contributed by atoms with Gasteiger partial charge in [0.05, 0.1) is 26.2 Å². The number of carbonyl (C=O) groups excluding carboxylic acids is 1. The van der Waals surface area contributed by atoms with Crippen LogP contribution in [0.4, 0.5) is 0 Å². The normalized spacial score (nSPS) is 10.3. The summed E-state index contributed by atoms with van der Waals surface area (Å²) in [5, 5.41) is 0. The molecule has 0 unspecified atom stereocenters. The van der Waals surface area contributed by atoms with E-state index in [0.717, 1.165) is 16.9 Å². The van der Waals surface area contributed by atoms with E-state index in [1.807, 2.05) is 32.0 Å². The molecule has 0 heterocycles. The Hall–Kier alpha value is -1.59. The van der Waals surface area contributed by atoms with Gasteiger partial charge in [-0.1, -0.05) is 18.2 Å². The van der Waals surface area contributed by atoms with Gasteiger partial charge in [0.25, 0.3) is 0 Å². The Morgan fingerprint density at radius 2 is 1.84 bits per heavy atom. The minimum absolute atomic E-state index is 0.206. The number of nitrogens with one attached hydrogen (secondary N) is 1. The fourth-order valence-electron chi connectivity index (χ4n) is 1.58. The van der Waals surface area contributed by atoms with E-state index in [0.29, 0.717) is 19.8 Å². The summed E-state index contributed by atoms with van der Waals surface area (Å²) < 4.78 is 10.4. The van der Waals surface area contributed by atoms with Gasteiger partial charge in [-0.15, -0.1) is 0 Å². The van der Waals surface area contributed by atoms with Crippen LogP contribution in [0.3, 0.4) is 0 Å². The third-order valence-corrected chi connectivity index (χ3v) is 2.56. The maximum absolute atomic E-state index is 11.4. The molecule has 0 atom stereocenters. The number of hydrogen-bond donors (Lipinski definition) is 1. The van der Waals surface area contributed by atoms with Crippen LogP contribution in [0.25, 0.3) is 0 Å². The Kier molecular flexibility index (Phi) is 6.92. The van der Waals surface area contributed by atoms with E-state index in [1.165, 1.54) is 0 Å². The van der Waals surface area contributed by atoms with Crippen molar-refractivity contribution in [2.75, 3.05) is 26.9 Å². The number of hydroxylamine groups is 1. The fraction of sp³-hybridized carbons (Fsp3) is 0.500. The van der Waals surface area contributed by atoms with Crippen molar-refractivity contribution in [3.63, 3.8) is 0 Å². The lowest BCUT2D eigenvalue weighted by Crippen LogP contribution is -2.26. The second-order valence-electron chi connectivity index (χ2n) is 4.19. The van der Waals surface area contributed by atoms with Crippen LogP contribution in [0.15, 0.2) is 18.2 Å². The van der Waals surface area contributed by atoms with Gasteiger partial charge in [0.15, 0.2) is 0 Å². The number of ether oxygens (including phenoxy) is 2. The van der Waals surface area contributed by atoms with Crippen molar-refractivity contribution in [3.05, 3.63) is 29.3 Å². The molecular formula is C14H21NO4. The van der Waals surface area contributed by atoms with Crippen molar-refractivity contribution in [1.29, 1.82) is 0 Å². The molecule has 19 heavy (non-hydrogen) atoms. The molecule has 0 saturated carbocycles. The number of benzene rings is 1. The molecule has 0 aromatic heterocycles. The topological polar surface area (TPSA) is 56.8 Å². The second kappa shape index (κ2) is 8.50. The van der Waals surface area contributed by atoms with Crippen molar-refractivity contribution in [2.24, 2.45) is 0 Å². The van der Waals surface area contributed by atoms with Gasteiger partial charge in [0.1, 0.15) is 5.75 Å². The summed E-state index contributed by atoms with van der Waals surface area (Å²) in [5.74, 6) is 0.637. The highest BCUT2D eigenvalue weighted by Crippen LogP contribution is 2.22. The summed E-state index contributed by atoms with van der Waals surface area (Å²) >= 11 is 0. The summed E-state index contributed by atoms with van der Waals surface area (Å²) in [4.78, 5) is 16.3. The standard InChI is InChI=1S/C14H21NO4/c1-11-5-4-6-12(2)14(11)18-8-7-13(16)15-19-10-9-17-3/h4-6H,7-10H2,1-3H3,(H,15,16). The summed E-state index contributed by atoms with van der Waals surface area (Å²) in [5.41, 5.74) is 4.47. The lowest BCUT2D eigenvalue weighted by Gasteiger charge is -2.11. The molecule has 0 aliphatic carbocycles. The zero-order chi connectivity index (χ0) is 14.1. The van der Waals surface area contributed by atoms with Crippen molar-refractivity contribution in [1.82, 2.24) is 5.48 Å². The quantitative estimate of drug-likeness (QED) is 0.576. The van der Waals surface area contributed by atoms with Crippen LogP contribution in [-0.2, 0) is 14.4 Å². The highest BCUT2D eigenvalue weighted by atomic mass is 16.7. The third kappa shape index (κ3) is 5.72. The SMILES string of the molecule is COCCONC(=O)CCOc1c(C)cccc1C. The molecule has 1 N–H and O–H groups in total. The van der Waals surface area contributed by atoms with Gasteiger partial charge in [-0.3, -0.25) is 9.63 Å². The number of hydrogen-bond acceptors (Lipinski definition) is 4. The minimum Gasteiger partial charge on any atom is -0.493 e. The van der Waals surface area contributed by atoms with Crippen LogP contribution in [0.1, 0.15) is 17.5 Å². The zero-order valence-electron chi connectivity index (χ0n) is 11.7. The smallest absolute Gasteiger partial charge is 0.246 e. The molecule has 0 radical (unpaired) electrons. The molecule has 1 amide bonds. The predicted molar refractivity (Wildman–Crippen MR) is 72.0 cm³/mol. The van der Waals surface area contributed by atoms with Gasteiger partial charge in [-0.2, -0.15) is 0 Å². The molecule has 106 valence electrons. The summed E-state index contributed by atoms with van der Waals surface area (Å²) in [6.45, 7) is 5.07. The first kappa shape index (κ1) is 15.5. The van der Waals surface area contributed by atoms with Crippen LogP contribution >= 0.6 is 0 Å². The van der Waals surface area contributed by atoms with E-state index in [4.69, 9.17) is 14.3 Å². The van der Waals surface area contributed by atoms with Gasteiger partial charge in [-0.05, 0) is 25.0 Å². The Morgan fingerprint density at radius 3 is 2.47 bits per heavy atom. The summed E-state index contributed by atoms with van der Waals surface area (Å²) in [6, 6.07) is 5.94. The van der Waals surface area contributed by atoms with Gasteiger partial charge < -0.3 is 9.47 Å². The molecule has 0 aliphatic heterocycles. The van der Waals surface area contributed by atoms with Crippen molar-refractivity contribution in [2.45, 2.75) is 20.3 Å². The molecule has 5 nitrogen and oxygen atoms in total. The minimum atomic E-state index is -0.206. The van der Waals surface area contributed by atoms with Crippen molar-refractivity contribution in [3.8, 4) is 5.75 Å². The number of carbonyl (C=O) groups is 1. The largest absolute Gasteiger partial charge is 0.493 e.